The first-order valence-electron chi connectivity index (χ1n) is 10.1. The molecule has 1 amide bonds. The molecular formula is C20H23FN6O5. The topological polar surface area (TPSA) is 152 Å². The van der Waals surface area contributed by atoms with Gasteiger partial charge in [-0.3, -0.25) is 14.4 Å². The number of rotatable bonds is 7. The van der Waals surface area contributed by atoms with Crippen LogP contribution in [0, 0.1) is 11.7 Å². The normalized spacial score (nSPS) is 19.5. The first-order valence-corrected chi connectivity index (χ1v) is 10.1. The fourth-order valence-corrected chi connectivity index (χ4v) is 3.86. The number of carbonyl (C=O) groups excluding carboxylic acids is 1. The van der Waals surface area contributed by atoms with Gasteiger partial charge in [-0.05, 0) is 18.9 Å². The van der Waals surface area contributed by atoms with Crippen LogP contribution >= 0.6 is 0 Å². The summed E-state index contributed by atoms with van der Waals surface area (Å²) < 4.78 is 16.8. The SMILES string of the molecule is CO/N=C1\CN(c2nc3c(cc2F)c(=O)c(C(=O)NCC(=O)O)cn3C2CC2)CC1CN. The zero-order chi connectivity index (χ0) is 23.0. The number of carbonyl (C=O) groups is 2. The third-order valence-corrected chi connectivity index (χ3v) is 5.58. The number of anilines is 1. The Morgan fingerprint density at radius 2 is 2.19 bits per heavy atom. The lowest BCUT2D eigenvalue weighted by atomic mass is 10.1. The van der Waals surface area contributed by atoms with Crippen molar-refractivity contribution in [2.24, 2.45) is 16.8 Å². The molecule has 4 rings (SSSR count). The van der Waals surface area contributed by atoms with Gasteiger partial charge in [-0.15, -0.1) is 0 Å². The highest BCUT2D eigenvalue weighted by Crippen LogP contribution is 2.37. The van der Waals surface area contributed by atoms with E-state index < -0.39 is 29.7 Å². The number of oxime groups is 1. The summed E-state index contributed by atoms with van der Waals surface area (Å²) >= 11 is 0. The van der Waals surface area contributed by atoms with E-state index in [1.54, 1.807) is 9.47 Å². The number of carboxylic acid groups (broad SMARTS) is 1. The maximum absolute atomic E-state index is 15.1. The summed E-state index contributed by atoms with van der Waals surface area (Å²) in [6.07, 6.45) is 3.02. The Morgan fingerprint density at radius 3 is 2.81 bits per heavy atom. The minimum Gasteiger partial charge on any atom is -0.480 e. The van der Waals surface area contributed by atoms with Gasteiger partial charge in [-0.2, -0.15) is 0 Å². The molecule has 11 nitrogen and oxygen atoms in total. The lowest BCUT2D eigenvalue weighted by Gasteiger charge is -2.19. The summed E-state index contributed by atoms with van der Waals surface area (Å²) in [5, 5.41) is 14.9. The Kier molecular flexibility index (Phi) is 5.78. The number of aliphatic carboxylic acids is 1. The minimum absolute atomic E-state index is 0.0240. The van der Waals surface area contributed by atoms with Crippen LogP contribution < -0.4 is 21.4 Å². The average Bonchev–Trinajstić information content (AvgIpc) is 3.52. The number of amides is 1. The molecule has 0 spiro atoms. The maximum atomic E-state index is 15.1. The van der Waals surface area contributed by atoms with Crippen molar-refractivity contribution in [3.05, 3.63) is 33.9 Å². The van der Waals surface area contributed by atoms with Crippen molar-refractivity contribution in [2.45, 2.75) is 18.9 Å². The summed E-state index contributed by atoms with van der Waals surface area (Å²) in [7, 11) is 1.43. The molecule has 2 aromatic heterocycles. The van der Waals surface area contributed by atoms with E-state index in [0.717, 1.165) is 18.9 Å². The lowest BCUT2D eigenvalue weighted by Crippen LogP contribution is -2.33. The number of fused-ring (bicyclic) bond motifs is 1. The average molecular weight is 446 g/mol. The molecule has 170 valence electrons. The number of nitrogens with zero attached hydrogens (tertiary/aromatic N) is 4. The van der Waals surface area contributed by atoms with Gasteiger partial charge in [0.05, 0.1) is 17.6 Å². The molecular weight excluding hydrogens is 423 g/mol. The number of hydrogen-bond acceptors (Lipinski definition) is 8. The quantitative estimate of drug-likeness (QED) is 0.506. The number of aromatic nitrogens is 2. The molecule has 12 heteroatoms. The number of carboxylic acids is 1. The van der Waals surface area contributed by atoms with Crippen LogP contribution in [0.4, 0.5) is 10.2 Å². The van der Waals surface area contributed by atoms with E-state index in [1.165, 1.54) is 13.3 Å². The molecule has 1 saturated carbocycles. The zero-order valence-corrected chi connectivity index (χ0v) is 17.4. The molecule has 0 aromatic carbocycles. The van der Waals surface area contributed by atoms with E-state index in [0.29, 0.717) is 18.8 Å². The predicted molar refractivity (Wildman–Crippen MR) is 113 cm³/mol. The third kappa shape index (κ3) is 4.00. The second-order valence-corrected chi connectivity index (χ2v) is 7.83. The number of nitrogens with one attached hydrogen (secondary N) is 1. The zero-order valence-electron chi connectivity index (χ0n) is 17.4. The van der Waals surface area contributed by atoms with Gasteiger partial charge in [0.15, 0.2) is 11.6 Å². The maximum Gasteiger partial charge on any atom is 0.322 e. The Bertz CT molecular complexity index is 1180. The summed E-state index contributed by atoms with van der Waals surface area (Å²) in [6, 6.07) is 1.10. The van der Waals surface area contributed by atoms with E-state index in [4.69, 9.17) is 15.7 Å². The van der Waals surface area contributed by atoms with Crippen molar-refractivity contribution >= 4 is 34.4 Å². The molecule has 1 saturated heterocycles. The number of pyridine rings is 2. The fourth-order valence-electron chi connectivity index (χ4n) is 3.86. The molecule has 0 radical (unpaired) electrons. The van der Waals surface area contributed by atoms with Gasteiger partial charge in [0.2, 0.25) is 5.43 Å². The molecule has 3 heterocycles. The monoisotopic (exact) mass is 446 g/mol. The summed E-state index contributed by atoms with van der Waals surface area (Å²) in [6.45, 7) is 0.370. The number of nitrogens with two attached hydrogens (primary N) is 1. The molecule has 2 aliphatic rings. The van der Waals surface area contributed by atoms with Gasteiger partial charge in [0, 0.05) is 31.2 Å². The highest BCUT2D eigenvalue weighted by molar-refractivity contribution is 5.98. The van der Waals surface area contributed by atoms with E-state index in [9.17, 15) is 14.4 Å². The molecule has 1 aliphatic heterocycles. The second-order valence-electron chi connectivity index (χ2n) is 7.83. The molecule has 32 heavy (non-hydrogen) atoms. The van der Waals surface area contributed by atoms with Crippen LogP contribution in [0.5, 0.6) is 0 Å². The Hall–Kier alpha value is -3.54. The Balaban J connectivity index is 1.79. The molecule has 1 aliphatic carbocycles. The van der Waals surface area contributed by atoms with Gasteiger partial charge >= 0.3 is 5.97 Å². The molecule has 1 atom stereocenters. The number of halogens is 1. The molecule has 2 fully saturated rings. The first-order chi connectivity index (χ1) is 15.3. The van der Waals surface area contributed by atoms with Gasteiger partial charge in [-0.25, -0.2) is 9.37 Å². The smallest absolute Gasteiger partial charge is 0.322 e. The highest BCUT2D eigenvalue weighted by atomic mass is 19.1. The van der Waals surface area contributed by atoms with Gasteiger partial charge in [0.1, 0.15) is 24.9 Å². The van der Waals surface area contributed by atoms with Crippen LogP contribution in [0.3, 0.4) is 0 Å². The van der Waals surface area contributed by atoms with Gasteiger partial charge < -0.3 is 30.5 Å². The highest BCUT2D eigenvalue weighted by Gasteiger charge is 2.33. The van der Waals surface area contributed by atoms with Crippen molar-refractivity contribution in [3.8, 4) is 0 Å². The predicted octanol–water partition coefficient (Wildman–Crippen LogP) is 0.0822. The Morgan fingerprint density at radius 1 is 1.44 bits per heavy atom. The molecule has 2 aromatic rings. The van der Waals surface area contributed by atoms with E-state index in [-0.39, 0.29) is 40.9 Å². The summed E-state index contributed by atoms with van der Waals surface area (Å²) in [5.41, 5.74) is 5.80. The van der Waals surface area contributed by atoms with Gasteiger partial charge in [-0.1, -0.05) is 5.16 Å². The van der Waals surface area contributed by atoms with Crippen LogP contribution in [0.1, 0.15) is 29.2 Å². The molecule has 1 unspecified atom stereocenters. The summed E-state index contributed by atoms with van der Waals surface area (Å²) in [4.78, 5) is 47.1. The third-order valence-electron chi connectivity index (χ3n) is 5.58. The molecule has 0 bridgehead atoms. The van der Waals surface area contributed by atoms with E-state index >= 15 is 4.39 Å². The fraction of sp³-hybridized carbons (Fsp3) is 0.450. The lowest BCUT2D eigenvalue weighted by molar-refractivity contribution is -0.135. The van der Waals surface area contributed by atoms with Crippen molar-refractivity contribution < 1.29 is 23.9 Å². The van der Waals surface area contributed by atoms with Crippen molar-refractivity contribution in [2.75, 3.05) is 38.2 Å². The largest absolute Gasteiger partial charge is 0.480 e. The minimum atomic E-state index is -1.24. The van der Waals surface area contributed by atoms with Crippen LogP contribution in [0.15, 0.2) is 22.2 Å². The van der Waals surface area contributed by atoms with Crippen LogP contribution in [-0.4, -0.2) is 65.5 Å². The standard InChI is InChI=1S/C20H23FN6O5/c1-32-25-15-9-26(7-10(15)5-22)19-14(21)4-12-17(30)13(20(31)23-6-16(28)29)8-27(11-2-3-11)18(12)24-19/h4,8,10-11H,2-3,5-7,9,22H2,1H3,(H,23,31)(H,28,29)/b25-15+. The van der Waals surface area contributed by atoms with Crippen molar-refractivity contribution in [1.29, 1.82) is 0 Å². The van der Waals surface area contributed by atoms with Crippen LogP contribution in [-0.2, 0) is 9.63 Å². The van der Waals surface area contributed by atoms with Crippen molar-refractivity contribution in [3.63, 3.8) is 0 Å². The molecule has 4 N–H and O–H groups in total. The van der Waals surface area contributed by atoms with E-state index in [1.807, 2.05) is 0 Å². The first kappa shape index (κ1) is 21.7. The van der Waals surface area contributed by atoms with E-state index in [2.05, 4.69) is 15.5 Å². The Labute approximate surface area is 181 Å². The number of hydrogen-bond donors (Lipinski definition) is 3. The van der Waals surface area contributed by atoms with Crippen molar-refractivity contribution in [1.82, 2.24) is 14.9 Å². The van der Waals surface area contributed by atoms with Crippen LogP contribution in [0.25, 0.3) is 11.0 Å². The second kappa shape index (κ2) is 8.54. The summed E-state index contributed by atoms with van der Waals surface area (Å²) in [5.74, 6) is -2.83. The van der Waals surface area contributed by atoms with Crippen LogP contribution in [0.2, 0.25) is 0 Å². The van der Waals surface area contributed by atoms with Gasteiger partial charge in [0.25, 0.3) is 5.91 Å².